The molecule has 2 aliphatic rings. The van der Waals surface area contributed by atoms with E-state index in [1.165, 1.54) is 57.3 Å². The van der Waals surface area contributed by atoms with Crippen LogP contribution in [0.2, 0.25) is 0 Å². The first-order chi connectivity index (χ1) is 8.93. The maximum atomic E-state index is 3.68. The molecule has 0 bridgehead atoms. The van der Waals surface area contributed by atoms with Crippen molar-refractivity contribution in [2.45, 2.75) is 44.2 Å². The zero-order chi connectivity index (χ0) is 12.2. The van der Waals surface area contributed by atoms with E-state index in [0.29, 0.717) is 6.04 Å². The van der Waals surface area contributed by atoms with Crippen LogP contribution in [0.15, 0.2) is 30.3 Å². The Morgan fingerprint density at radius 1 is 1.06 bits per heavy atom. The first kappa shape index (κ1) is 12.2. The van der Waals surface area contributed by atoms with Crippen molar-refractivity contribution in [3.05, 3.63) is 35.9 Å². The molecule has 2 saturated heterocycles. The number of hydrogen-bond acceptors (Lipinski definition) is 2. The van der Waals surface area contributed by atoms with E-state index >= 15 is 0 Å². The van der Waals surface area contributed by atoms with E-state index in [9.17, 15) is 0 Å². The average molecular weight is 244 g/mol. The maximum Gasteiger partial charge on any atom is 0.0349 e. The van der Waals surface area contributed by atoms with Gasteiger partial charge in [0.2, 0.25) is 0 Å². The zero-order valence-electron chi connectivity index (χ0n) is 11.1. The lowest BCUT2D eigenvalue weighted by Gasteiger charge is -2.31. The van der Waals surface area contributed by atoms with Gasteiger partial charge in [0.1, 0.15) is 0 Å². The fourth-order valence-corrected chi connectivity index (χ4v) is 3.46. The number of nitrogens with zero attached hydrogens (tertiary/aromatic N) is 1. The van der Waals surface area contributed by atoms with Crippen molar-refractivity contribution in [1.29, 1.82) is 0 Å². The van der Waals surface area contributed by atoms with E-state index in [0.717, 1.165) is 6.04 Å². The number of nitrogens with one attached hydrogen (secondary N) is 1. The number of piperidine rings is 1. The quantitative estimate of drug-likeness (QED) is 0.879. The molecular formula is C16H24N2. The van der Waals surface area contributed by atoms with Gasteiger partial charge in [-0.15, -0.1) is 0 Å². The molecule has 2 atom stereocenters. The lowest BCUT2D eigenvalue weighted by Crippen LogP contribution is -2.43. The largest absolute Gasteiger partial charge is 0.313 e. The Kier molecular flexibility index (Phi) is 3.96. The summed E-state index contributed by atoms with van der Waals surface area (Å²) in [6.07, 6.45) is 6.81. The van der Waals surface area contributed by atoms with Gasteiger partial charge in [0.05, 0.1) is 0 Å². The second-order valence-corrected chi connectivity index (χ2v) is 5.71. The van der Waals surface area contributed by atoms with Gasteiger partial charge in [0, 0.05) is 18.6 Å². The van der Waals surface area contributed by atoms with Crippen LogP contribution in [0, 0.1) is 0 Å². The minimum atomic E-state index is 0.662. The van der Waals surface area contributed by atoms with Crippen LogP contribution in [0.4, 0.5) is 0 Å². The van der Waals surface area contributed by atoms with Gasteiger partial charge in [-0.3, -0.25) is 4.90 Å². The molecule has 18 heavy (non-hydrogen) atoms. The van der Waals surface area contributed by atoms with E-state index in [4.69, 9.17) is 0 Å². The Balaban J connectivity index is 1.64. The van der Waals surface area contributed by atoms with Crippen molar-refractivity contribution in [3.63, 3.8) is 0 Å². The van der Waals surface area contributed by atoms with Crippen LogP contribution in [0.3, 0.4) is 0 Å². The summed E-state index contributed by atoms with van der Waals surface area (Å²) in [7, 11) is 0. The third kappa shape index (κ3) is 2.76. The third-order valence-corrected chi connectivity index (χ3v) is 4.42. The second-order valence-electron chi connectivity index (χ2n) is 5.71. The van der Waals surface area contributed by atoms with Crippen molar-refractivity contribution < 1.29 is 0 Å². The molecule has 0 amide bonds. The van der Waals surface area contributed by atoms with Gasteiger partial charge in [0.15, 0.2) is 0 Å². The minimum absolute atomic E-state index is 0.662. The van der Waals surface area contributed by atoms with Crippen LogP contribution in [-0.4, -0.2) is 30.6 Å². The molecule has 0 radical (unpaired) electrons. The van der Waals surface area contributed by atoms with Crippen LogP contribution in [0.25, 0.3) is 0 Å². The first-order valence-electron chi connectivity index (χ1n) is 7.46. The van der Waals surface area contributed by atoms with Crippen LogP contribution >= 0.6 is 0 Å². The molecule has 0 spiro atoms. The third-order valence-electron chi connectivity index (χ3n) is 4.42. The summed E-state index contributed by atoms with van der Waals surface area (Å²) in [5.74, 6) is 0. The summed E-state index contributed by atoms with van der Waals surface area (Å²) >= 11 is 0. The van der Waals surface area contributed by atoms with Gasteiger partial charge in [-0.25, -0.2) is 0 Å². The van der Waals surface area contributed by atoms with Crippen LogP contribution < -0.4 is 5.32 Å². The molecule has 0 aromatic heterocycles. The molecule has 1 aromatic rings. The highest BCUT2D eigenvalue weighted by Crippen LogP contribution is 2.32. The predicted octanol–water partition coefficient (Wildman–Crippen LogP) is 2.97. The van der Waals surface area contributed by atoms with E-state index in [1.807, 2.05) is 0 Å². The van der Waals surface area contributed by atoms with Gasteiger partial charge < -0.3 is 5.32 Å². The van der Waals surface area contributed by atoms with Gasteiger partial charge in [-0.2, -0.15) is 0 Å². The Hall–Kier alpha value is -0.860. The summed E-state index contributed by atoms with van der Waals surface area (Å²) in [5, 5.41) is 3.68. The molecule has 2 aliphatic heterocycles. The number of rotatable bonds is 3. The molecular weight excluding hydrogens is 220 g/mol. The Bertz CT molecular complexity index is 357. The molecule has 0 aliphatic carbocycles. The summed E-state index contributed by atoms with van der Waals surface area (Å²) in [6.45, 7) is 3.73. The molecule has 1 aromatic carbocycles. The van der Waals surface area contributed by atoms with Gasteiger partial charge in [-0.05, 0) is 44.3 Å². The molecule has 3 rings (SSSR count). The van der Waals surface area contributed by atoms with E-state index in [1.54, 1.807) is 0 Å². The van der Waals surface area contributed by atoms with Crippen molar-refractivity contribution in [3.8, 4) is 0 Å². The van der Waals surface area contributed by atoms with Gasteiger partial charge in [-0.1, -0.05) is 36.8 Å². The zero-order valence-corrected chi connectivity index (χ0v) is 11.1. The van der Waals surface area contributed by atoms with Crippen LogP contribution in [0.1, 0.15) is 43.7 Å². The topological polar surface area (TPSA) is 15.3 Å². The van der Waals surface area contributed by atoms with Crippen LogP contribution in [0.5, 0.6) is 0 Å². The summed E-state index contributed by atoms with van der Waals surface area (Å²) in [4.78, 5) is 2.69. The van der Waals surface area contributed by atoms with Crippen molar-refractivity contribution in [1.82, 2.24) is 10.2 Å². The van der Waals surface area contributed by atoms with E-state index < -0.39 is 0 Å². The highest BCUT2D eigenvalue weighted by Gasteiger charge is 2.28. The number of likely N-dealkylation sites (tertiary alicyclic amines) is 1. The molecule has 0 saturated carbocycles. The van der Waals surface area contributed by atoms with Gasteiger partial charge >= 0.3 is 0 Å². The minimum Gasteiger partial charge on any atom is -0.313 e. The average Bonchev–Trinajstić information content (AvgIpc) is 2.89. The molecule has 1 N–H and O–H groups in total. The highest BCUT2D eigenvalue weighted by molar-refractivity contribution is 5.20. The SMILES string of the molecule is c1ccc(C2CCCN2CC2CCCCN2)cc1. The molecule has 2 nitrogen and oxygen atoms in total. The fraction of sp³-hybridized carbons (Fsp3) is 0.625. The van der Waals surface area contributed by atoms with E-state index in [2.05, 4.69) is 40.5 Å². The highest BCUT2D eigenvalue weighted by atomic mass is 15.2. The summed E-state index contributed by atoms with van der Waals surface area (Å²) < 4.78 is 0. The van der Waals surface area contributed by atoms with E-state index in [-0.39, 0.29) is 0 Å². The molecule has 2 heterocycles. The second kappa shape index (κ2) is 5.85. The Morgan fingerprint density at radius 3 is 2.72 bits per heavy atom. The molecule has 2 unspecified atom stereocenters. The molecule has 2 heteroatoms. The summed E-state index contributed by atoms with van der Waals surface area (Å²) in [5.41, 5.74) is 1.51. The lowest BCUT2D eigenvalue weighted by molar-refractivity contribution is 0.211. The van der Waals surface area contributed by atoms with Gasteiger partial charge in [0.25, 0.3) is 0 Å². The fourth-order valence-electron chi connectivity index (χ4n) is 3.46. The molecule has 2 fully saturated rings. The summed E-state index contributed by atoms with van der Waals surface area (Å²) in [6, 6.07) is 12.4. The first-order valence-corrected chi connectivity index (χ1v) is 7.46. The van der Waals surface area contributed by atoms with Crippen LogP contribution in [-0.2, 0) is 0 Å². The number of hydrogen-bond donors (Lipinski definition) is 1. The number of benzene rings is 1. The molecule has 98 valence electrons. The normalized spacial score (nSPS) is 29.6. The van der Waals surface area contributed by atoms with Crippen molar-refractivity contribution in [2.75, 3.05) is 19.6 Å². The maximum absolute atomic E-state index is 3.68. The Labute approximate surface area is 110 Å². The Morgan fingerprint density at radius 2 is 1.94 bits per heavy atom. The predicted molar refractivity (Wildman–Crippen MR) is 75.6 cm³/mol. The van der Waals surface area contributed by atoms with Crippen molar-refractivity contribution in [2.24, 2.45) is 0 Å². The smallest absolute Gasteiger partial charge is 0.0349 e. The lowest BCUT2D eigenvalue weighted by atomic mass is 10.0. The monoisotopic (exact) mass is 244 g/mol. The standard InChI is InChI=1S/C16H24N2/c1-2-7-14(8-3-1)16-10-6-12-18(16)13-15-9-4-5-11-17-15/h1-3,7-8,15-17H,4-6,9-13H2. The van der Waals surface area contributed by atoms with Crippen molar-refractivity contribution >= 4 is 0 Å².